The minimum Gasteiger partial charge on any atom is -0.350 e. The smallest absolute Gasteiger partial charge is 0.266 e. The molecule has 1 aromatic heterocycles. The van der Waals surface area contributed by atoms with Gasteiger partial charge in [-0.1, -0.05) is 6.07 Å². The Labute approximate surface area is 75.2 Å². The van der Waals surface area contributed by atoms with E-state index in [2.05, 4.69) is 4.98 Å². The first-order valence-corrected chi connectivity index (χ1v) is 4.21. The average Bonchev–Trinajstić information content (AvgIpc) is 2.48. The molecule has 70 valence electrons. The Kier molecular flexibility index (Phi) is 1.90. The van der Waals surface area contributed by atoms with Gasteiger partial charge in [0.05, 0.1) is 6.54 Å². The van der Waals surface area contributed by atoms with Crippen LogP contribution in [-0.4, -0.2) is 24.0 Å². The lowest BCUT2D eigenvalue weighted by atomic mass is 10.3. The lowest BCUT2D eigenvalue weighted by molar-refractivity contribution is 0.0257. The molecule has 1 saturated heterocycles. The van der Waals surface area contributed by atoms with Gasteiger partial charge in [-0.15, -0.1) is 0 Å². The van der Waals surface area contributed by atoms with E-state index in [-0.39, 0.29) is 13.0 Å². The highest BCUT2D eigenvalue weighted by Gasteiger charge is 2.38. The van der Waals surface area contributed by atoms with Crippen LogP contribution in [0.25, 0.3) is 0 Å². The number of rotatable bonds is 1. The van der Waals surface area contributed by atoms with Gasteiger partial charge in [0.2, 0.25) is 0 Å². The van der Waals surface area contributed by atoms with Crippen LogP contribution in [0.4, 0.5) is 14.6 Å². The molecule has 0 aliphatic carbocycles. The van der Waals surface area contributed by atoms with E-state index in [0.29, 0.717) is 12.4 Å². The van der Waals surface area contributed by atoms with Gasteiger partial charge < -0.3 is 4.90 Å². The molecular weight excluding hydrogens is 174 g/mol. The number of anilines is 1. The van der Waals surface area contributed by atoms with Crippen molar-refractivity contribution in [2.75, 3.05) is 18.0 Å². The average molecular weight is 184 g/mol. The summed E-state index contributed by atoms with van der Waals surface area (Å²) in [5, 5.41) is 0. The van der Waals surface area contributed by atoms with Gasteiger partial charge >= 0.3 is 0 Å². The number of nitrogens with zero attached hydrogens (tertiary/aromatic N) is 2. The predicted octanol–water partition coefficient (Wildman–Crippen LogP) is 1.93. The maximum Gasteiger partial charge on any atom is 0.266 e. The predicted molar refractivity (Wildman–Crippen MR) is 46.0 cm³/mol. The van der Waals surface area contributed by atoms with E-state index in [1.807, 2.05) is 0 Å². The van der Waals surface area contributed by atoms with Gasteiger partial charge in [0.25, 0.3) is 5.92 Å². The topological polar surface area (TPSA) is 16.1 Å². The highest BCUT2D eigenvalue weighted by atomic mass is 19.3. The molecule has 1 aromatic rings. The van der Waals surface area contributed by atoms with Crippen molar-refractivity contribution in [1.82, 2.24) is 4.98 Å². The van der Waals surface area contributed by atoms with Crippen molar-refractivity contribution in [2.24, 2.45) is 0 Å². The van der Waals surface area contributed by atoms with E-state index in [4.69, 9.17) is 0 Å². The molecule has 0 atom stereocenters. The van der Waals surface area contributed by atoms with Crippen LogP contribution in [0, 0.1) is 0 Å². The maximum atomic E-state index is 12.8. The molecule has 4 heteroatoms. The molecule has 1 aliphatic heterocycles. The van der Waals surface area contributed by atoms with Crippen LogP contribution >= 0.6 is 0 Å². The minimum atomic E-state index is -2.54. The summed E-state index contributed by atoms with van der Waals surface area (Å²) in [6, 6.07) is 5.33. The highest BCUT2D eigenvalue weighted by Crippen LogP contribution is 2.29. The van der Waals surface area contributed by atoms with E-state index in [0.717, 1.165) is 0 Å². The maximum absolute atomic E-state index is 12.8. The van der Waals surface area contributed by atoms with Gasteiger partial charge in [0, 0.05) is 19.2 Å². The van der Waals surface area contributed by atoms with Crippen molar-refractivity contribution in [3.05, 3.63) is 24.4 Å². The standard InChI is InChI=1S/C9H10F2N2/c10-9(11)4-6-13(7-9)8-3-1-2-5-12-8/h1-3,5H,4,6-7H2. The molecule has 1 fully saturated rings. The molecular formula is C9H10F2N2. The van der Waals surface area contributed by atoms with Gasteiger partial charge in [-0.05, 0) is 12.1 Å². The lowest BCUT2D eigenvalue weighted by Gasteiger charge is -2.16. The Balaban J connectivity index is 2.13. The molecule has 0 bridgehead atoms. The van der Waals surface area contributed by atoms with Crippen molar-refractivity contribution in [3.8, 4) is 0 Å². The summed E-state index contributed by atoms with van der Waals surface area (Å²) in [4.78, 5) is 5.63. The summed E-state index contributed by atoms with van der Waals surface area (Å²) < 4.78 is 25.6. The molecule has 0 aromatic carbocycles. The first kappa shape index (κ1) is 8.41. The number of halogens is 2. The molecule has 0 spiro atoms. The lowest BCUT2D eigenvalue weighted by Crippen LogP contribution is -2.25. The number of hydrogen-bond donors (Lipinski definition) is 0. The van der Waals surface area contributed by atoms with Gasteiger partial charge in [-0.25, -0.2) is 13.8 Å². The zero-order valence-corrected chi connectivity index (χ0v) is 7.08. The second-order valence-electron chi connectivity index (χ2n) is 3.22. The van der Waals surface area contributed by atoms with E-state index < -0.39 is 5.92 Å². The summed E-state index contributed by atoms with van der Waals surface area (Å²) in [6.45, 7) is 0.189. The summed E-state index contributed by atoms with van der Waals surface area (Å²) in [6.07, 6.45) is 1.55. The zero-order valence-electron chi connectivity index (χ0n) is 7.08. The highest BCUT2D eigenvalue weighted by molar-refractivity contribution is 5.39. The Morgan fingerprint density at radius 2 is 2.23 bits per heavy atom. The number of pyridine rings is 1. The normalized spacial score (nSPS) is 20.6. The third kappa shape index (κ3) is 1.76. The molecule has 0 unspecified atom stereocenters. The Bertz CT molecular complexity index is 287. The Morgan fingerprint density at radius 3 is 2.77 bits per heavy atom. The van der Waals surface area contributed by atoms with Crippen LogP contribution < -0.4 is 4.90 Å². The van der Waals surface area contributed by atoms with Crippen molar-refractivity contribution < 1.29 is 8.78 Å². The second-order valence-corrected chi connectivity index (χ2v) is 3.22. The van der Waals surface area contributed by atoms with Crippen molar-refractivity contribution in [1.29, 1.82) is 0 Å². The molecule has 0 radical (unpaired) electrons. The first-order chi connectivity index (χ1) is 6.17. The third-order valence-corrected chi connectivity index (χ3v) is 2.14. The van der Waals surface area contributed by atoms with E-state index >= 15 is 0 Å². The summed E-state index contributed by atoms with van der Waals surface area (Å²) in [5.41, 5.74) is 0. The second kappa shape index (κ2) is 2.94. The van der Waals surface area contributed by atoms with E-state index in [9.17, 15) is 8.78 Å². The van der Waals surface area contributed by atoms with Crippen LogP contribution in [0.2, 0.25) is 0 Å². The van der Waals surface area contributed by atoms with Crippen LogP contribution in [0.5, 0.6) is 0 Å². The van der Waals surface area contributed by atoms with Gasteiger partial charge in [0.1, 0.15) is 5.82 Å². The van der Waals surface area contributed by atoms with E-state index in [1.165, 1.54) is 0 Å². The molecule has 2 heterocycles. The molecule has 0 N–H and O–H groups in total. The van der Waals surface area contributed by atoms with Gasteiger partial charge in [-0.2, -0.15) is 0 Å². The third-order valence-electron chi connectivity index (χ3n) is 2.14. The molecule has 1 aliphatic rings. The van der Waals surface area contributed by atoms with Crippen molar-refractivity contribution in [3.63, 3.8) is 0 Å². The van der Waals surface area contributed by atoms with Crippen LogP contribution in [-0.2, 0) is 0 Å². The van der Waals surface area contributed by atoms with Gasteiger partial charge in [0.15, 0.2) is 0 Å². The number of aromatic nitrogens is 1. The van der Waals surface area contributed by atoms with Crippen LogP contribution in [0.3, 0.4) is 0 Å². The molecule has 0 saturated carbocycles. The first-order valence-electron chi connectivity index (χ1n) is 4.21. The fourth-order valence-corrected chi connectivity index (χ4v) is 1.47. The Morgan fingerprint density at radius 1 is 1.38 bits per heavy atom. The van der Waals surface area contributed by atoms with Crippen molar-refractivity contribution in [2.45, 2.75) is 12.3 Å². The monoisotopic (exact) mass is 184 g/mol. The molecule has 2 rings (SSSR count). The quantitative estimate of drug-likeness (QED) is 0.663. The molecule has 2 nitrogen and oxygen atoms in total. The van der Waals surface area contributed by atoms with Crippen molar-refractivity contribution >= 4 is 5.82 Å². The fourth-order valence-electron chi connectivity index (χ4n) is 1.47. The zero-order chi connectivity index (χ0) is 9.31. The fraction of sp³-hybridized carbons (Fsp3) is 0.444. The summed E-state index contributed by atoms with van der Waals surface area (Å²) in [7, 11) is 0. The Hall–Kier alpha value is -1.19. The number of alkyl halides is 2. The van der Waals surface area contributed by atoms with Crippen LogP contribution in [0.15, 0.2) is 24.4 Å². The SMILES string of the molecule is FC1(F)CCN(c2ccccn2)C1. The summed E-state index contributed by atoms with van der Waals surface area (Å²) >= 11 is 0. The molecule has 13 heavy (non-hydrogen) atoms. The molecule has 0 amide bonds. The van der Waals surface area contributed by atoms with Crippen LogP contribution in [0.1, 0.15) is 6.42 Å². The van der Waals surface area contributed by atoms with Gasteiger partial charge in [-0.3, -0.25) is 0 Å². The van der Waals surface area contributed by atoms with E-state index in [1.54, 1.807) is 29.3 Å². The largest absolute Gasteiger partial charge is 0.350 e. The summed E-state index contributed by atoms with van der Waals surface area (Å²) in [5.74, 6) is -1.91. The number of hydrogen-bond acceptors (Lipinski definition) is 2. The minimum absolute atomic E-state index is 0.0659.